The van der Waals surface area contributed by atoms with Crippen molar-refractivity contribution in [1.82, 2.24) is 10.2 Å². The van der Waals surface area contributed by atoms with Gasteiger partial charge < -0.3 is 15.0 Å². The minimum absolute atomic E-state index is 0.0496. The summed E-state index contributed by atoms with van der Waals surface area (Å²) in [6.45, 7) is 5.26. The molecule has 1 aromatic rings. The molecule has 5 heteroatoms. The van der Waals surface area contributed by atoms with Crippen LogP contribution in [0.25, 0.3) is 0 Å². The first-order chi connectivity index (χ1) is 11.1. The second-order valence-corrected chi connectivity index (χ2v) is 6.62. The van der Waals surface area contributed by atoms with E-state index in [1.165, 1.54) is 0 Å². The third kappa shape index (κ3) is 3.19. The molecule has 0 saturated carbocycles. The summed E-state index contributed by atoms with van der Waals surface area (Å²) in [7, 11) is 0. The van der Waals surface area contributed by atoms with Crippen LogP contribution in [0.1, 0.15) is 44.7 Å². The molecule has 0 aliphatic carbocycles. The van der Waals surface area contributed by atoms with Crippen molar-refractivity contribution in [3.8, 4) is 5.75 Å². The Kier molecular flexibility index (Phi) is 4.55. The van der Waals surface area contributed by atoms with Crippen LogP contribution in [0, 0.1) is 5.92 Å². The predicted molar refractivity (Wildman–Crippen MR) is 87.0 cm³/mol. The van der Waals surface area contributed by atoms with Crippen LogP contribution in [0.5, 0.6) is 5.75 Å². The Morgan fingerprint density at radius 3 is 2.83 bits per heavy atom. The summed E-state index contributed by atoms with van der Waals surface area (Å²) in [4.78, 5) is 26.6. The Bertz CT molecular complexity index is 600. The van der Waals surface area contributed by atoms with Gasteiger partial charge in [-0.05, 0) is 18.4 Å². The van der Waals surface area contributed by atoms with Crippen LogP contribution in [0.4, 0.5) is 0 Å². The van der Waals surface area contributed by atoms with E-state index in [1.54, 1.807) is 4.90 Å². The maximum absolute atomic E-state index is 12.8. The minimum atomic E-state index is -0.389. The summed E-state index contributed by atoms with van der Waals surface area (Å²) >= 11 is 0. The van der Waals surface area contributed by atoms with E-state index in [4.69, 9.17) is 4.74 Å². The Morgan fingerprint density at radius 2 is 2.13 bits per heavy atom. The quantitative estimate of drug-likeness (QED) is 0.927. The summed E-state index contributed by atoms with van der Waals surface area (Å²) in [6, 6.07) is 7.37. The van der Waals surface area contributed by atoms with Crippen molar-refractivity contribution >= 4 is 11.8 Å². The fourth-order valence-corrected chi connectivity index (χ4v) is 3.52. The first-order valence-electron chi connectivity index (χ1n) is 8.39. The molecule has 2 heterocycles. The number of amides is 2. The van der Waals surface area contributed by atoms with Gasteiger partial charge in [-0.15, -0.1) is 0 Å². The van der Waals surface area contributed by atoms with Gasteiger partial charge in [0, 0.05) is 24.9 Å². The molecule has 124 valence electrons. The minimum Gasteiger partial charge on any atom is -0.493 e. The number of para-hydroxylation sites is 1. The molecule has 0 bridgehead atoms. The van der Waals surface area contributed by atoms with Crippen LogP contribution >= 0.6 is 0 Å². The number of likely N-dealkylation sites (tertiary alicyclic amines) is 1. The molecule has 5 nitrogen and oxygen atoms in total. The first kappa shape index (κ1) is 15.8. The van der Waals surface area contributed by atoms with Crippen molar-refractivity contribution in [3.63, 3.8) is 0 Å². The van der Waals surface area contributed by atoms with E-state index >= 15 is 0 Å². The van der Waals surface area contributed by atoms with Gasteiger partial charge in [0.1, 0.15) is 11.8 Å². The lowest BCUT2D eigenvalue weighted by Crippen LogP contribution is -2.51. The average molecular weight is 316 g/mol. The Hall–Kier alpha value is -2.04. The third-order valence-corrected chi connectivity index (χ3v) is 4.62. The SMILES string of the molecule is CC(C)C(C(=O)NC1CCOc2ccccc21)N1CCCC1=O. The number of hydrogen-bond donors (Lipinski definition) is 1. The van der Waals surface area contributed by atoms with Crippen molar-refractivity contribution in [1.29, 1.82) is 0 Å². The number of nitrogens with zero attached hydrogens (tertiary/aromatic N) is 1. The number of nitrogens with one attached hydrogen (secondary N) is 1. The fraction of sp³-hybridized carbons (Fsp3) is 0.556. The molecule has 3 rings (SSSR count). The smallest absolute Gasteiger partial charge is 0.243 e. The van der Waals surface area contributed by atoms with Crippen LogP contribution in [0.3, 0.4) is 0 Å². The number of carbonyl (C=O) groups is 2. The number of fused-ring (bicyclic) bond motifs is 1. The van der Waals surface area contributed by atoms with Crippen LogP contribution in [0.2, 0.25) is 0 Å². The van der Waals surface area contributed by atoms with Gasteiger partial charge in [0.25, 0.3) is 0 Å². The van der Waals surface area contributed by atoms with Gasteiger partial charge in [0.05, 0.1) is 12.6 Å². The summed E-state index contributed by atoms with van der Waals surface area (Å²) in [5.74, 6) is 0.956. The van der Waals surface area contributed by atoms with E-state index in [-0.39, 0.29) is 29.8 Å². The van der Waals surface area contributed by atoms with Gasteiger partial charge in [-0.2, -0.15) is 0 Å². The molecule has 2 amide bonds. The lowest BCUT2D eigenvalue weighted by molar-refractivity contribution is -0.139. The molecule has 2 unspecified atom stereocenters. The molecule has 1 saturated heterocycles. The van der Waals surface area contributed by atoms with Crippen LogP contribution < -0.4 is 10.1 Å². The molecule has 0 spiro atoms. The van der Waals surface area contributed by atoms with Gasteiger partial charge >= 0.3 is 0 Å². The predicted octanol–water partition coefficient (Wildman–Crippen LogP) is 2.27. The van der Waals surface area contributed by atoms with Crippen molar-refractivity contribution in [2.45, 2.75) is 45.2 Å². The second kappa shape index (κ2) is 6.60. The molecule has 2 atom stereocenters. The molecule has 1 fully saturated rings. The van der Waals surface area contributed by atoms with E-state index in [0.717, 1.165) is 24.2 Å². The fourth-order valence-electron chi connectivity index (χ4n) is 3.52. The van der Waals surface area contributed by atoms with Gasteiger partial charge in [-0.3, -0.25) is 9.59 Å². The van der Waals surface area contributed by atoms with Crippen molar-refractivity contribution in [3.05, 3.63) is 29.8 Å². The molecule has 1 aromatic carbocycles. The highest BCUT2D eigenvalue weighted by Gasteiger charge is 2.36. The van der Waals surface area contributed by atoms with E-state index < -0.39 is 0 Å². The zero-order chi connectivity index (χ0) is 16.4. The van der Waals surface area contributed by atoms with Crippen molar-refractivity contribution in [2.75, 3.05) is 13.2 Å². The van der Waals surface area contributed by atoms with Gasteiger partial charge in [0.15, 0.2) is 0 Å². The molecule has 2 aliphatic heterocycles. The van der Waals surface area contributed by atoms with Crippen molar-refractivity contribution < 1.29 is 14.3 Å². The van der Waals surface area contributed by atoms with Gasteiger partial charge in [-0.1, -0.05) is 32.0 Å². The molecule has 23 heavy (non-hydrogen) atoms. The standard InChI is InChI=1S/C18H24N2O3/c1-12(2)17(20-10-5-8-16(20)21)18(22)19-14-9-11-23-15-7-4-3-6-13(14)15/h3-4,6-7,12,14,17H,5,8-11H2,1-2H3,(H,19,22). The Morgan fingerprint density at radius 1 is 1.35 bits per heavy atom. The van der Waals surface area contributed by atoms with Gasteiger partial charge in [-0.25, -0.2) is 0 Å². The first-order valence-corrected chi connectivity index (χ1v) is 8.39. The number of ether oxygens (including phenoxy) is 1. The Balaban J connectivity index is 1.76. The maximum Gasteiger partial charge on any atom is 0.243 e. The van der Waals surface area contributed by atoms with E-state index in [9.17, 15) is 9.59 Å². The average Bonchev–Trinajstić information content (AvgIpc) is 2.93. The second-order valence-electron chi connectivity index (χ2n) is 6.62. The summed E-state index contributed by atoms with van der Waals surface area (Å²) in [5.41, 5.74) is 1.02. The number of benzene rings is 1. The third-order valence-electron chi connectivity index (χ3n) is 4.62. The molecule has 0 radical (unpaired) electrons. The number of hydrogen-bond acceptors (Lipinski definition) is 3. The highest BCUT2D eigenvalue weighted by Crippen LogP contribution is 2.32. The highest BCUT2D eigenvalue weighted by atomic mass is 16.5. The summed E-state index contributed by atoms with van der Waals surface area (Å²) in [6.07, 6.45) is 2.15. The van der Waals surface area contributed by atoms with Gasteiger partial charge in [0.2, 0.25) is 11.8 Å². The lowest BCUT2D eigenvalue weighted by Gasteiger charge is -2.33. The van der Waals surface area contributed by atoms with Crippen LogP contribution in [-0.4, -0.2) is 35.9 Å². The molecule has 0 aromatic heterocycles. The van der Waals surface area contributed by atoms with E-state index in [1.807, 2.05) is 38.1 Å². The van der Waals surface area contributed by atoms with E-state index in [0.29, 0.717) is 19.6 Å². The zero-order valence-corrected chi connectivity index (χ0v) is 13.7. The largest absolute Gasteiger partial charge is 0.493 e. The monoisotopic (exact) mass is 316 g/mol. The van der Waals surface area contributed by atoms with E-state index in [2.05, 4.69) is 5.32 Å². The molecular weight excluding hydrogens is 292 g/mol. The highest BCUT2D eigenvalue weighted by molar-refractivity contribution is 5.89. The zero-order valence-electron chi connectivity index (χ0n) is 13.7. The summed E-state index contributed by atoms with van der Waals surface area (Å²) in [5, 5.41) is 3.14. The number of rotatable bonds is 4. The number of carbonyl (C=O) groups excluding carboxylic acids is 2. The normalized spacial score (nSPS) is 21.8. The lowest BCUT2D eigenvalue weighted by atomic mass is 9.97. The van der Waals surface area contributed by atoms with Crippen LogP contribution in [-0.2, 0) is 9.59 Å². The molecular formula is C18H24N2O3. The Labute approximate surface area is 137 Å². The topological polar surface area (TPSA) is 58.6 Å². The summed E-state index contributed by atoms with van der Waals surface area (Å²) < 4.78 is 5.64. The maximum atomic E-state index is 12.8. The molecule has 1 N–H and O–H groups in total. The van der Waals surface area contributed by atoms with Crippen molar-refractivity contribution in [2.24, 2.45) is 5.92 Å². The van der Waals surface area contributed by atoms with Crippen LogP contribution in [0.15, 0.2) is 24.3 Å². The molecule has 2 aliphatic rings.